The number of carbonyl (C=O) groups excluding carboxylic acids is 1. The van der Waals surface area contributed by atoms with Crippen LogP contribution >= 0.6 is 23.2 Å². The second kappa shape index (κ2) is 7.58. The molecule has 3 nitrogen and oxygen atoms in total. The maximum absolute atomic E-state index is 11.6. The molecule has 0 fully saturated rings. The van der Waals surface area contributed by atoms with Crippen molar-refractivity contribution in [2.24, 2.45) is 0 Å². The van der Waals surface area contributed by atoms with Crippen LogP contribution in [0.4, 0.5) is 10.5 Å². The monoisotopic (exact) mass is 318 g/mol. The van der Waals surface area contributed by atoms with Crippen LogP contribution in [-0.2, 0) is 0 Å². The van der Waals surface area contributed by atoms with Gasteiger partial charge in [-0.2, -0.15) is 0 Å². The second-order valence-electron chi connectivity index (χ2n) is 4.10. The van der Waals surface area contributed by atoms with Crippen LogP contribution in [0.1, 0.15) is 5.56 Å². The fourth-order valence-corrected chi connectivity index (χ4v) is 1.84. The molecular formula is C16H12Cl2N2O. The fraction of sp³-hybridized carbons (Fsp3) is 0.0625. The summed E-state index contributed by atoms with van der Waals surface area (Å²) in [7, 11) is 0. The van der Waals surface area contributed by atoms with Crippen LogP contribution in [-0.4, -0.2) is 12.6 Å². The molecule has 0 radical (unpaired) electrons. The molecule has 0 saturated heterocycles. The Kier molecular flexibility index (Phi) is 5.51. The third-order valence-electron chi connectivity index (χ3n) is 2.54. The molecule has 0 saturated carbocycles. The molecule has 21 heavy (non-hydrogen) atoms. The van der Waals surface area contributed by atoms with Crippen LogP contribution in [0.25, 0.3) is 0 Å². The number of hydrogen-bond donors (Lipinski definition) is 2. The van der Waals surface area contributed by atoms with Gasteiger partial charge in [0.2, 0.25) is 0 Å². The van der Waals surface area contributed by atoms with E-state index in [0.29, 0.717) is 15.7 Å². The Morgan fingerprint density at radius 1 is 1.05 bits per heavy atom. The largest absolute Gasteiger partial charge is 0.327 e. The van der Waals surface area contributed by atoms with Crippen LogP contribution in [0.15, 0.2) is 48.5 Å². The Labute approximate surface area is 133 Å². The molecule has 5 heteroatoms. The maximum Gasteiger partial charge on any atom is 0.319 e. The van der Waals surface area contributed by atoms with E-state index in [1.807, 2.05) is 18.2 Å². The number of nitrogens with one attached hydrogen (secondary N) is 2. The zero-order valence-corrected chi connectivity index (χ0v) is 12.5. The van der Waals surface area contributed by atoms with Crippen LogP contribution in [0, 0.1) is 11.8 Å². The minimum Gasteiger partial charge on any atom is -0.327 e. The lowest BCUT2D eigenvalue weighted by atomic mass is 10.2. The minimum absolute atomic E-state index is 0.227. The summed E-state index contributed by atoms with van der Waals surface area (Å²) in [5.74, 6) is 5.74. The fourth-order valence-electron chi connectivity index (χ4n) is 1.53. The van der Waals surface area contributed by atoms with Crippen LogP contribution in [0.2, 0.25) is 10.0 Å². The molecule has 106 valence electrons. The molecule has 2 N–H and O–H groups in total. The van der Waals surface area contributed by atoms with E-state index < -0.39 is 0 Å². The summed E-state index contributed by atoms with van der Waals surface area (Å²) in [6, 6.07) is 13.8. The van der Waals surface area contributed by atoms with E-state index in [1.54, 1.807) is 30.3 Å². The van der Waals surface area contributed by atoms with E-state index >= 15 is 0 Å². The molecule has 0 atom stereocenters. The third-order valence-corrected chi connectivity index (χ3v) is 3.12. The highest BCUT2D eigenvalue weighted by atomic mass is 35.5. The van der Waals surface area contributed by atoms with Crippen molar-refractivity contribution in [1.82, 2.24) is 5.32 Å². The van der Waals surface area contributed by atoms with E-state index in [-0.39, 0.29) is 12.6 Å². The molecule has 0 aliphatic rings. The zero-order valence-electron chi connectivity index (χ0n) is 11.0. The van der Waals surface area contributed by atoms with Crippen molar-refractivity contribution >= 4 is 34.9 Å². The first-order chi connectivity index (χ1) is 10.1. The normalized spacial score (nSPS) is 9.43. The Hall–Kier alpha value is -2.15. The smallest absolute Gasteiger partial charge is 0.319 e. The molecule has 0 spiro atoms. The number of amides is 2. The van der Waals surface area contributed by atoms with Gasteiger partial charge in [-0.15, -0.1) is 0 Å². The predicted octanol–water partition coefficient (Wildman–Crippen LogP) is 4.17. The summed E-state index contributed by atoms with van der Waals surface area (Å²) in [5, 5.41) is 6.52. The lowest BCUT2D eigenvalue weighted by molar-refractivity contribution is 0.253. The summed E-state index contributed by atoms with van der Waals surface area (Å²) in [5.41, 5.74) is 1.40. The zero-order chi connectivity index (χ0) is 15.1. The Bertz CT molecular complexity index is 687. The molecule has 0 heterocycles. The highest BCUT2D eigenvalue weighted by molar-refractivity contribution is 6.31. The summed E-state index contributed by atoms with van der Waals surface area (Å²) in [4.78, 5) is 11.6. The number of halogens is 2. The van der Waals surface area contributed by atoms with Crippen LogP contribution < -0.4 is 10.6 Å². The molecule has 2 amide bonds. The van der Waals surface area contributed by atoms with Crippen molar-refractivity contribution in [2.75, 3.05) is 11.9 Å². The predicted molar refractivity (Wildman–Crippen MR) is 86.8 cm³/mol. The van der Waals surface area contributed by atoms with Gasteiger partial charge in [0.1, 0.15) is 0 Å². The third kappa shape index (κ3) is 5.03. The van der Waals surface area contributed by atoms with E-state index in [9.17, 15) is 4.79 Å². The average Bonchev–Trinajstić information content (AvgIpc) is 2.48. The SMILES string of the molecule is O=C(NCC#Cc1ccccc1Cl)Nc1ccc(Cl)cc1. The van der Waals surface area contributed by atoms with Gasteiger partial charge in [-0.25, -0.2) is 4.79 Å². The first kappa shape index (κ1) is 15.2. The lowest BCUT2D eigenvalue weighted by Gasteiger charge is -2.04. The molecule has 0 aromatic heterocycles. The standard InChI is InChI=1S/C16H12Cl2N2O/c17-13-7-9-14(10-8-13)20-16(21)19-11-3-5-12-4-1-2-6-15(12)18/h1-2,4,6-10H,11H2,(H2,19,20,21). The van der Waals surface area contributed by atoms with Crippen molar-refractivity contribution in [2.45, 2.75) is 0 Å². The summed E-state index contributed by atoms with van der Waals surface area (Å²) >= 11 is 11.7. The van der Waals surface area contributed by atoms with Gasteiger partial charge in [0.25, 0.3) is 0 Å². The number of urea groups is 1. The number of carbonyl (C=O) groups is 1. The van der Waals surface area contributed by atoms with Gasteiger partial charge < -0.3 is 10.6 Å². The van der Waals surface area contributed by atoms with Gasteiger partial charge in [-0.05, 0) is 36.4 Å². The highest BCUT2D eigenvalue weighted by Crippen LogP contribution is 2.13. The molecule has 0 aliphatic carbocycles. The number of rotatable bonds is 2. The topological polar surface area (TPSA) is 41.1 Å². The first-order valence-corrected chi connectivity index (χ1v) is 6.94. The molecule has 2 rings (SSSR count). The van der Waals surface area contributed by atoms with Gasteiger partial charge in [0, 0.05) is 16.3 Å². The average molecular weight is 319 g/mol. The number of hydrogen-bond acceptors (Lipinski definition) is 1. The lowest BCUT2D eigenvalue weighted by Crippen LogP contribution is -2.28. The van der Waals surface area contributed by atoms with E-state index in [4.69, 9.17) is 23.2 Å². The van der Waals surface area contributed by atoms with Gasteiger partial charge in [0.15, 0.2) is 0 Å². The Morgan fingerprint density at radius 2 is 1.76 bits per heavy atom. The summed E-state index contributed by atoms with van der Waals surface area (Å²) in [6.45, 7) is 0.227. The Balaban J connectivity index is 1.83. The Morgan fingerprint density at radius 3 is 2.48 bits per heavy atom. The minimum atomic E-state index is -0.328. The quantitative estimate of drug-likeness (QED) is 0.802. The second-order valence-corrected chi connectivity index (χ2v) is 4.94. The molecule has 2 aromatic carbocycles. The van der Waals surface area contributed by atoms with Gasteiger partial charge in [0.05, 0.1) is 11.6 Å². The van der Waals surface area contributed by atoms with Crippen LogP contribution in [0.3, 0.4) is 0 Å². The van der Waals surface area contributed by atoms with Crippen molar-refractivity contribution in [3.8, 4) is 11.8 Å². The number of anilines is 1. The van der Waals surface area contributed by atoms with E-state index in [0.717, 1.165) is 5.56 Å². The molecule has 0 bridgehead atoms. The first-order valence-electron chi connectivity index (χ1n) is 6.19. The highest BCUT2D eigenvalue weighted by Gasteiger charge is 1.99. The molecular weight excluding hydrogens is 307 g/mol. The van der Waals surface area contributed by atoms with Crippen molar-refractivity contribution < 1.29 is 4.79 Å². The van der Waals surface area contributed by atoms with Crippen molar-refractivity contribution in [1.29, 1.82) is 0 Å². The molecule has 0 aliphatic heterocycles. The maximum atomic E-state index is 11.6. The van der Waals surface area contributed by atoms with Gasteiger partial charge in [-0.3, -0.25) is 0 Å². The summed E-state index contributed by atoms with van der Waals surface area (Å²) in [6.07, 6.45) is 0. The van der Waals surface area contributed by atoms with Gasteiger partial charge >= 0.3 is 6.03 Å². The molecule has 0 unspecified atom stereocenters. The summed E-state index contributed by atoms with van der Waals surface area (Å²) < 4.78 is 0. The van der Waals surface area contributed by atoms with E-state index in [1.165, 1.54) is 0 Å². The van der Waals surface area contributed by atoms with E-state index in [2.05, 4.69) is 22.5 Å². The van der Waals surface area contributed by atoms with Crippen LogP contribution in [0.5, 0.6) is 0 Å². The van der Waals surface area contributed by atoms with Crippen molar-refractivity contribution in [3.63, 3.8) is 0 Å². The molecule has 2 aromatic rings. The van der Waals surface area contributed by atoms with Crippen molar-refractivity contribution in [3.05, 3.63) is 64.1 Å². The number of benzene rings is 2. The van der Waals surface area contributed by atoms with Gasteiger partial charge in [-0.1, -0.05) is 47.2 Å².